The van der Waals surface area contributed by atoms with E-state index in [1.54, 1.807) is 0 Å². The zero-order valence-electron chi connectivity index (χ0n) is 16.7. The number of benzene rings is 2. The normalized spacial score (nSPS) is 26.9. The molecule has 3 aliphatic heterocycles. The summed E-state index contributed by atoms with van der Waals surface area (Å²) >= 11 is 3.70. The molecule has 3 aliphatic rings. The molecule has 0 amide bonds. The molecule has 4 heteroatoms. The molecule has 0 bridgehead atoms. The Morgan fingerprint density at radius 1 is 0.857 bits per heavy atom. The molecule has 1 unspecified atom stereocenters. The molecule has 2 aromatic rings. The summed E-state index contributed by atoms with van der Waals surface area (Å²) in [5.41, 5.74) is 2.74. The van der Waals surface area contributed by atoms with Crippen molar-refractivity contribution in [3.8, 4) is 0 Å². The maximum Gasteiger partial charge on any atom is 0.175 e. The van der Waals surface area contributed by atoms with E-state index in [-0.39, 0.29) is 15.3 Å². The number of hydrogen-bond donors (Lipinski definition) is 0. The summed E-state index contributed by atoms with van der Waals surface area (Å²) in [6.45, 7) is 9.36. The van der Waals surface area contributed by atoms with Crippen molar-refractivity contribution in [1.82, 2.24) is 0 Å². The molecule has 1 spiro atoms. The molecule has 2 aromatic carbocycles. The fourth-order valence-electron chi connectivity index (χ4n) is 4.70. The number of fused-ring (bicyclic) bond motifs is 3. The second-order valence-electron chi connectivity index (χ2n) is 8.90. The van der Waals surface area contributed by atoms with Gasteiger partial charge in [-0.1, -0.05) is 36.4 Å². The third-order valence-corrected chi connectivity index (χ3v) is 9.33. The van der Waals surface area contributed by atoms with Crippen LogP contribution in [0.2, 0.25) is 0 Å². The number of ether oxygens (including phenoxy) is 1. The number of Topliss-reactive ketones (excluding diaryl/α,β-unsaturated/α-hetero) is 1. The molecule has 0 N–H and O–H groups in total. The Labute approximate surface area is 175 Å². The standard InChI is InChI=1S/C24H24O2S2/c1-22(2)17-13-24(14-26-20(17)15-9-5-7-11-18(15)27-22)21(25)16-10-6-8-12-19(16)28-23(24,3)4/h5-12H,13-14H2,1-4H3. The second-order valence-corrected chi connectivity index (χ2v) is 12.2. The quantitative estimate of drug-likeness (QED) is 0.500. The van der Waals surface area contributed by atoms with Gasteiger partial charge in [-0.25, -0.2) is 0 Å². The Morgan fingerprint density at radius 2 is 1.46 bits per heavy atom. The van der Waals surface area contributed by atoms with Crippen LogP contribution in [0.5, 0.6) is 0 Å². The lowest BCUT2D eigenvalue weighted by Gasteiger charge is -2.53. The molecule has 144 valence electrons. The first-order valence-electron chi connectivity index (χ1n) is 9.73. The van der Waals surface area contributed by atoms with Gasteiger partial charge in [0.25, 0.3) is 0 Å². The molecule has 0 fully saturated rings. The van der Waals surface area contributed by atoms with E-state index in [0.717, 1.165) is 22.6 Å². The number of hydrogen-bond acceptors (Lipinski definition) is 4. The van der Waals surface area contributed by atoms with Crippen LogP contribution in [-0.2, 0) is 4.74 Å². The van der Waals surface area contributed by atoms with E-state index in [0.29, 0.717) is 6.61 Å². The fourth-order valence-corrected chi connectivity index (χ4v) is 7.34. The minimum absolute atomic E-state index is 0.102. The lowest BCUT2D eigenvalue weighted by atomic mass is 9.64. The van der Waals surface area contributed by atoms with E-state index < -0.39 is 5.41 Å². The fraction of sp³-hybridized carbons (Fsp3) is 0.375. The SMILES string of the molecule is CC1(C)Sc2ccccc2C2=C1CC1(CO2)C(=O)c2ccccc2SC1(C)C. The maximum absolute atomic E-state index is 13.8. The number of rotatable bonds is 0. The molecule has 1 atom stereocenters. The van der Waals surface area contributed by atoms with Crippen molar-refractivity contribution in [2.24, 2.45) is 5.41 Å². The highest BCUT2D eigenvalue weighted by Crippen LogP contribution is 2.62. The topological polar surface area (TPSA) is 26.3 Å². The summed E-state index contributed by atoms with van der Waals surface area (Å²) in [7, 11) is 0. The molecule has 28 heavy (non-hydrogen) atoms. The molecule has 2 nitrogen and oxygen atoms in total. The number of carbonyl (C=O) groups is 1. The summed E-state index contributed by atoms with van der Waals surface area (Å²) in [4.78, 5) is 16.2. The predicted octanol–water partition coefficient (Wildman–Crippen LogP) is 6.46. The minimum atomic E-state index is -0.547. The minimum Gasteiger partial charge on any atom is -0.492 e. The van der Waals surface area contributed by atoms with Gasteiger partial charge in [0, 0.05) is 30.4 Å². The van der Waals surface area contributed by atoms with Crippen molar-refractivity contribution in [3.05, 3.63) is 65.2 Å². The van der Waals surface area contributed by atoms with E-state index in [1.165, 1.54) is 16.0 Å². The maximum atomic E-state index is 13.8. The third-order valence-electron chi connectivity index (χ3n) is 6.52. The van der Waals surface area contributed by atoms with Crippen molar-refractivity contribution in [2.45, 2.75) is 53.4 Å². The van der Waals surface area contributed by atoms with Crippen LogP contribution in [0.3, 0.4) is 0 Å². The summed E-state index contributed by atoms with van der Waals surface area (Å²) in [5.74, 6) is 1.23. The summed E-state index contributed by atoms with van der Waals surface area (Å²) in [6.07, 6.45) is 0.754. The largest absolute Gasteiger partial charge is 0.492 e. The average molecular weight is 409 g/mol. The van der Waals surface area contributed by atoms with Gasteiger partial charge in [0.1, 0.15) is 12.4 Å². The zero-order chi connectivity index (χ0) is 19.7. The van der Waals surface area contributed by atoms with Gasteiger partial charge < -0.3 is 4.74 Å². The van der Waals surface area contributed by atoms with Gasteiger partial charge in [-0.05, 0) is 51.8 Å². The van der Waals surface area contributed by atoms with Gasteiger partial charge in [0.15, 0.2) is 5.78 Å². The zero-order valence-corrected chi connectivity index (χ0v) is 18.3. The lowest BCUT2D eigenvalue weighted by molar-refractivity contribution is 0.0453. The van der Waals surface area contributed by atoms with E-state index in [1.807, 2.05) is 41.7 Å². The van der Waals surface area contributed by atoms with Crippen molar-refractivity contribution >= 4 is 35.1 Å². The Balaban J connectivity index is 1.67. The van der Waals surface area contributed by atoms with Gasteiger partial charge in [0.05, 0.1) is 5.41 Å². The van der Waals surface area contributed by atoms with Gasteiger partial charge in [-0.3, -0.25) is 4.79 Å². The first-order chi connectivity index (χ1) is 13.3. The smallest absolute Gasteiger partial charge is 0.175 e. The molecular formula is C24H24O2S2. The van der Waals surface area contributed by atoms with Crippen LogP contribution < -0.4 is 0 Å². The van der Waals surface area contributed by atoms with Crippen LogP contribution in [0.15, 0.2) is 63.9 Å². The molecule has 0 aromatic heterocycles. The van der Waals surface area contributed by atoms with E-state index >= 15 is 0 Å². The lowest BCUT2D eigenvalue weighted by Crippen LogP contribution is -2.55. The second kappa shape index (κ2) is 5.93. The third kappa shape index (κ3) is 2.40. The molecule has 0 aliphatic carbocycles. The van der Waals surface area contributed by atoms with Crippen molar-refractivity contribution in [2.75, 3.05) is 6.61 Å². The highest BCUT2D eigenvalue weighted by atomic mass is 32.2. The van der Waals surface area contributed by atoms with Gasteiger partial charge in [-0.15, -0.1) is 23.5 Å². The molecule has 0 saturated carbocycles. The summed E-state index contributed by atoms with van der Waals surface area (Å²) in [5, 5.41) is 0. The van der Waals surface area contributed by atoms with Gasteiger partial charge >= 0.3 is 0 Å². The highest BCUT2D eigenvalue weighted by Gasteiger charge is 2.59. The van der Waals surface area contributed by atoms with Crippen LogP contribution in [0.4, 0.5) is 0 Å². The van der Waals surface area contributed by atoms with Crippen LogP contribution in [0.25, 0.3) is 5.76 Å². The first kappa shape index (κ1) is 18.4. The van der Waals surface area contributed by atoms with E-state index in [9.17, 15) is 4.79 Å². The number of thioether (sulfide) groups is 2. The first-order valence-corrected chi connectivity index (χ1v) is 11.4. The van der Waals surface area contributed by atoms with Crippen LogP contribution in [0, 0.1) is 5.41 Å². The van der Waals surface area contributed by atoms with E-state index in [2.05, 4.69) is 58.0 Å². The summed E-state index contributed by atoms with van der Waals surface area (Å²) in [6, 6.07) is 16.5. The Morgan fingerprint density at radius 3 is 2.18 bits per heavy atom. The molecule has 5 rings (SSSR count). The number of ketones is 1. The molecule has 3 heterocycles. The Kier molecular flexibility index (Phi) is 3.89. The van der Waals surface area contributed by atoms with Gasteiger partial charge in [0.2, 0.25) is 0 Å². The Bertz CT molecular complexity index is 1030. The van der Waals surface area contributed by atoms with Crippen molar-refractivity contribution in [1.29, 1.82) is 0 Å². The average Bonchev–Trinajstić information content (AvgIpc) is 2.66. The van der Waals surface area contributed by atoms with Crippen molar-refractivity contribution in [3.63, 3.8) is 0 Å². The Hall–Kier alpha value is -1.65. The van der Waals surface area contributed by atoms with Crippen LogP contribution in [-0.4, -0.2) is 21.9 Å². The van der Waals surface area contributed by atoms with Crippen LogP contribution >= 0.6 is 23.5 Å². The highest BCUT2D eigenvalue weighted by molar-refractivity contribution is 8.01. The molecule has 0 saturated heterocycles. The summed E-state index contributed by atoms with van der Waals surface area (Å²) < 4.78 is 6.15. The van der Waals surface area contributed by atoms with Crippen LogP contribution in [0.1, 0.15) is 50.0 Å². The van der Waals surface area contributed by atoms with Crippen molar-refractivity contribution < 1.29 is 9.53 Å². The number of carbonyl (C=O) groups excluding carboxylic acids is 1. The van der Waals surface area contributed by atoms with E-state index in [4.69, 9.17) is 4.74 Å². The molecular weight excluding hydrogens is 384 g/mol. The predicted molar refractivity (Wildman–Crippen MR) is 117 cm³/mol. The monoisotopic (exact) mass is 408 g/mol. The molecule has 0 radical (unpaired) electrons. The van der Waals surface area contributed by atoms with Gasteiger partial charge in [-0.2, -0.15) is 0 Å².